The molecule has 0 spiro atoms. The maximum atomic E-state index is 13.6. The van der Waals surface area contributed by atoms with Gasteiger partial charge in [0.05, 0.1) is 11.9 Å². The van der Waals surface area contributed by atoms with Crippen LogP contribution in [0.15, 0.2) is 48.5 Å². The van der Waals surface area contributed by atoms with Crippen LogP contribution in [0.1, 0.15) is 38.2 Å². The summed E-state index contributed by atoms with van der Waals surface area (Å²) < 4.78 is 37.7. The smallest absolute Gasteiger partial charge is 0.244 e. The molecule has 194 valence electrons. The second-order valence-corrected chi connectivity index (χ2v) is 11.2. The van der Waals surface area contributed by atoms with Gasteiger partial charge in [0.2, 0.25) is 21.8 Å². The standard InChI is InChI=1S/C26H33N3O6S/c1-19(26(31)27-21-10-6-7-11-21)28(17-20-8-4-3-5-9-20)25(30)18-29(36(2,32)33)22-12-13-23-24(16-22)35-15-14-34-23/h3-5,8-9,12-13,16,19,21H,6-7,10-11,14-15,17-18H2,1-2H3,(H,27,31)/t19-/m1/s1. The zero-order valence-corrected chi connectivity index (χ0v) is 21.5. The average Bonchev–Trinajstić information content (AvgIpc) is 3.38. The minimum absolute atomic E-state index is 0.110. The highest BCUT2D eigenvalue weighted by atomic mass is 32.2. The highest BCUT2D eigenvalue weighted by Crippen LogP contribution is 2.34. The van der Waals surface area contributed by atoms with Gasteiger partial charge in [-0.25, -0.2) is 8.42 Å². The number of fused-ring (bicyclic) bond motifs is 1. The minimum Gasteiger partial charge on any atom is -0.486 e. The molecule has 2 aromatic rings. The number of carbonyl (C=O) groups excluding carboxylic acids is 2. The summed E-state index contributed by atoms with van der Waals surface area (Å²) >= 11 is 0. The molecular weight excluding hydrogens is 482 g/mol. The summed E-state index contributed by atoms with van der Waals surface area (Å²) in [7, 11) is -3.82. The second kappa shape index (κ2) is 11.2. The third-order valence-corrected chi connectivity index (χ3v) is 7.70. The summed E-state index contributed by atoms with van der Waals surface area (Å²) in [6.07, 6.45) is 5.05. The van der Waals surface area contributed by atoms with Crippen molar-refractivity contribution in [3.63, 3.8) is 0 Å². The van der Waals surface area contributed by atoms with E-state index in [1.165, 1.54) is 4.90 Å². The highest BCUT2D eigenvalue weighted by Gasteiger charge is 2.31. The predicted molar refractivity (Wildman–Crippen MR) is 136 cm³/mol. The number of amides is 2. The maximum absolute atomic E-state index is 13.6. The maximum Gasteiger partial charge on any atom is 0.244 e. The van der Waals surface area contributed by atoms with Gasteiger partial charge in [0, 0.05) is 18.7 Å². The molecule has 1 saturated carbocycles. The molecule has 2 amide bonds. The summed E-state index contributed by atoms with van der Waals surface area (Å²) in [6, 6.07) is 13.4. The fourth-order valence-corrected chi connectivity index (χ4v) is 5.40. The Morgan fingerprint density at radius 2 is 1.69 bits per heavy atom. The molecule has 0 radical (unpaired) electrons. The molecule has 10 heteroatoms. The lowest BCUT2D eigenvalue weighted by molar-refractivity contribution is -0.139. The van der Waals surface area contributed by atoms with Gasteiger partial charge in [0.25, 0.3) is 0 Å². The van der Waals surface area contributed by atoms with Crippen LogP contribution < -0.4 is 19.1 Å². The molecule has 1 atom stereocenters. The summed E-state index contributed by atoms with van der Waals surface area (Å²) in [6.45, 7) is 2.17. The van der Waals surface area contributed by atoms with E-state index < -0.39 is 28.5 Å². The van der Waals surface area contributed by atoms with Gasteiger partial charge in [-0.05, 0) is 37.5 Å². The monoisotopic (exact) mass is 515 g/mol. The first-order valence-corrected chi connectivity index (χ1v) is 14.1. The number of hydrogen-bond acceptors (Lipinski definition) is 6. The van der Waals surface area contributed by atoms with E-state index in [0.29, 0.717) is 24.7 Å². The van der Waals surface area contributed by atoms with Gasteiger partial charge in [-0.3, -0.25) is 13.9 Å². The van der Waals surface area contributed by atoms with Crippen LogP contribution in [0.5, 0.6) is 11.5 Å². The molecule has 1 aliphatic heterocycles. The van der Waals surface area contributed by atoms with Crippen molar-refractivity contribution in [2.45, 2.75) is 51.2 Å². The first-order valence-electron chi connectivity index (χ1n) is 12.2. The van der Waals surface area contributed by atoms with E-state index >= 15 is 0 Å². The van der Waals surface area contributed by atoms with E-state index in [-0.39, 0.29) is 24.2 Å². The molecule has 1 N–H and O–H groups in total. The molecular formula is C26H33N3O6S. The molecule has 1 fully saturated rings. The summed E-state index contributed by atoms with van der Waals surface area (Å²) in [5, 5.41) is 3.05. The Morgan fingerprint density at radius 3 is 2.36 bits per heavy atom. The van der Waals surface area contributed by atoms with Crippen LogP contribution in [-0.4, -0.2) is 63.2 Å². The van der Waals surface area contributed by atoms with Gasteiger partial charge in [0.15, 0.2) is 11.5 Å². The van der Waals surface area contributed by atoms with Crippen molar-refractivity contribution in [2.75, 3.05) is 30.3 Å². The first-order chi connectivity index (χ1) is 17.2. The number of ether oxygens (including phenoxy) is 2. The van der Waals surface area contributed by atoms with E-state index in [2.05, 4.69) is 5.32 Å². The zero-order valence-electron chi connectivity index (χ0n) is 20.7. The van der Waals surface area contributed by atoms with Crippen LogP contribution in [0.2, 0.25) is 0 Å². The van der Waals surface area contributed by atoms with Crippen LogP contribution in [0, 0.1) is 0 Å². The Labute approximate surface area is 212 Å². The van der Waals surface area contributed by atoms with Crippen LogP contribution >= 0.6 is 0 Å². The molecule has 0 saturated heterocycles. The van der Waals surface area contributed by atoms with Crippen molar-refractivity contribution in [2.24, 2.45) is 0 Å². The third kappa shape index (κ3) is 6.29. The third-order valence-electron chi connectivity index (χ3n) is 6.56. The molecule has 2 aromatic carbocycles. The molecule has 4 rings (SSSR count). The molecule has 1 heterocycles. The molecule has 9 nitrogen and oxygen atoms in total. The highest BCUT2D eigenvalue weighted by molar-refractivity contribution is 7.92. The number of nitrogens with zero attached hydrogens (tertiary/aromatic N) is 2. The van der Waals surface area contributed by atoms with E-state index in [0.717, 1.165) is 41.8 Å². The first kappa shape index (κ1) is 25.8. The van der Waals surface area contributed by atoms with Crippen molar-refractivity contribution in [1.29, 1.82) is 0 Å². The van der Waals surface area contributed by atoms with Crippen LogP contribution in [0.3, 0.4) is 0 Å². The number of rotatable bonds is 9. The molecule has 0 unspecified atom stereocenters. The van der Waals surface area contributed by atoms with Crippen molar-refractivity contribution < 1.29 is 27.5 Å². The van der Waals surface area contributed by atoms with Gasteiger partial charge < -0.3 is 19.7 Å². The Balaban J connectivity index is 1.58. The fraction of sp³-hybridized carbons (Fsp3) is 0.462. The van der Waals surface area contributed by atoms with E-state index in [4.69, 9.17) is 9.47 Å². The summed E-state index contributed by atoms with van der Waals surface area (Å²) in [5.41, 5.74) is 1.13. The number of carbonyl (C=O) groups is 2. The Morgan fingerprint density at radius 1 is 1.03 bits per heavy atom. The number of sulfonamides is 1. The second-order valence-electron chi connectivity index (χ2n) is 9.27. The number of anilines is 1. The van der Waals surface area contributed by atoms with E-state index in [1.807, 2.05) is 30.3 Å². The fourth-order valence-electron chi connectivity index (χ4n) is 4.56. The van der Waals surface area contributed by atoms with Crippen LogP contribution in [0.4, 0.5) is 5.69 Å². The quantitative estimate of drug-likeness (QED) is 0.551. The van der Waals surface area contributed by atoms with Gasteiger partial charge in [0.1, 0.15) is 25.8 Å². The van der Waals surface area contributed by atoms with Gasteiger partial charge in [-0.1, -0.05) is 43.2 Å². The molecule has 1 aliphatic carbocycles. The molecule has 2 aliphatic rings. The van der Waals surface area contributed by atoms with Crippen LogP contribution in [-0.2, 0) is 26.2 Å². The summed E-state index contributed by atoms with van der Waals surface area (Å²) in [5.74, 6) is 0.225. The Kier molecular flexibility index (Phi) is 8.03. The zero-order chi connectivity index (χ0) is 25.7. The molecule has 36 heavy (non-hydrogen) atoms. The van der Waals surface area contributed by atoms with Crippen LogP contribution in [0.25, 0.3) is 0 Å². The minimum atomic E-state index is -3.82. The lowest BCUT2D eigenvalue weighted by Gasteiger charge is -2.32. The number of nitrogens with one attached hydrogen (secondary N) is 1. The predicted octanol–water partition coefficient (Wildman–Crippen LogP) is 2.70. The summed E-state index contributed by atoms with van der Waals surface area (Å²) in [4.78, 5) is 28.2. The topological polar surface area (TPSA) is 105 Å². The normalized spacial score (nSPS) is 16.3. The Bertz CT molecular complexity index is 1180. The van der Waals surface area contributed by atoms with Crippen molar-refractivity contribution in [1.82, 2.24) is 10.2 Å². The lowest BCUT2D eigenvalue weighted by atomic mass is 10.1. The molecule has 0 aromatic heterocycles. The van der Waals surface area contributed by atoms with E-state index in [9.17, 15) is 18.0 Å². The van der Waals surface area contributed by atoms with Crippen molar-refractivity contribution in [3.05, 3.63) is 54.1 Å². The van der Waals surface area contributed by atoms with Crippen molar-refractivity contribution >= 4 is 27.5 Å². The lowest BCUT2D eigenvalue weighted by Crippen LogP contribution is -2.52. The number of hydrogen-bond donors (Lipinski definition) is 1. The number of benzene rings is 2. The van der Waals surface area contributed by atoms with Gasteiger partial charge >= 0.3 is 0 Å². The van der Waals surface area contributed by atoms with Crippen molar-refractivity contribution in [3.8, 4) is 11.5 Å². The van der Waals surface area contributed by atoms with Gasteiger partial charge in [-0.2, -0.15) is 0 Å². The largest absolute Gasteiger partial charge is 0.486 e. The van der Waals surface area contributed by atoms with E-state index in [1.54, 1.807) is 25.1 Å². The average molecular weight is 516 g/mol. The van der Waals surface area contributed by atoms with Gasteiger partial charge in [-0.15, -0.1) is 0 Å². The molecule has 0 bridgehead atoms. The Hall–Kier alpha value is -3.27. The SMILES string of the molecule is C[C@H](C(=O)NC1CCCC1)N(Cc1ccccc1)C(=O)CN(c1ccc2c(c1)OCCO2)S(C)(=O)=O.